The Balaban J connectivity index is 2.44. The van der Waals surface area contributed by atoms with E-state index in [1.807, 2.05) is 13.0 Å². The first-order chi connectivity index (χ1) is 6.77. The zero-order valence-corrected chi connectivity index (χ0v) is 8.25. The SMILES string of the molecule is Cc1cc(CCCOCO)c(C=O)[nH]1. The Labute approximate surface area is 82.9 Å². The highest BCUT2D eigenvalue weighted by Crippen LogP contribution is 2.10. The number of aromatic nitrogens is 1. The lowest BCUT2D eigenvalue weighted by Crippen LogP contribution is -1.98. The highest BCUT2D eigenvalue weighted by molar-refractivity contribution is 5.74. The molecule has 0 aromatic carbocycles. The molecule has 0 aliphatic rings. The number of rotatable bonds is 6. The number of hydrogen-bond donors (Lipinski definition) is 2. The van der Waals surface area contributed by atoms with Crippen LogP contribution in [0.2, 0.25) is 0 Å². The molecular weight excluding hydrogens is 182 g/mol. The van der Waals surface area contributed by atoms with E-state index in [0.717, 1.165) is 30.4 Å². The molecule has 4 heteroatoms. The first-order valence-corrected chi connectivity index (χ1v) is 4.60. The molecule has 4 nitrogen and oxygen atoms in total. The van der Waals surface area contributed by atoms with Crippen molar-refractivity contribution in [3.8, 4) is 0 Å². The van der Waals surface area contributed by atoms with E-state index in [0.29, 0.717) is 12.3 Å². The third kappa shape index (κ3) is 2.97. The first-order valence-electron chi connectivity index (χ1n) is 4.60. The minimum absolute atomic E-state index is 0.243. The van der Waals surface area contributed by atoms with E-state index in [4.69, 9.17) is 9.84 Å². The Morgan fingerprint density at radius 1 is 1.64 bits per heavy atom. The zero-order chi connectivity index (χ0) is 10.4. The maximum Gasteiger partial charge on any atom is 0.166 e. The molecule has 2 N–H and O–H groups in total. The van der Waals surface area contributed by atoms with Crippen LogP contribution in [-0.2, 0) is 11.2 Å². The lowest BCUT2D eigenvalue weighted by Gasteiger charge is -1.99. The number of aryl methyl sites for hydroxylation is 2. The van der Waals surface area contributed by atoms with Crippen LogP contribution in [-0.4, -0.2) is 29.8 Å². The van der Waals surface area contributed by atoms with Crippen LogP contribution in [0.5, 0.6) is 0 Å². The van der Waals surface area contributed by atoms with Crippen LogP contribution in [0.15, 0.2) is 6.07 Å². The molecule has 0 unspecified atom stereocenters. The van der Waals surface area contributed by atoms with Gasteiger partial charge in [-0.3, -0.25) is 4.79 Å². The molecule has 1 heterocycles. The van der Waals surface area contributed by atoms with Gasteiger partial charge in [-0.25, -0.2) is 0 Å². The molecular formula is C10H15NO3. The highest BCUT2D eigenvalue weighted by Gasteiger charge is 2.04. The van der Waals surface area contributed by atoms with Crippen LogP contribution >= 0.6 is 0 Å². The largest absolute Gasteiger partial charge is 0.371 e. The number of carbonyl (C=O) groups excluding carboxylic acids is 1. The van der Waals surface area contributed by atoms with Crippen LogP contribution in [0.25, 0.3) is 0 Å². The summed E-state index contributed by atoms with van der Waals surface area (Å²) in [7, 11) is 0. The average Bonchev–Trinajstić information content (AvgIpc) is 2.54. The Kier molecular flexibility index (Phi) is 4.35. The Morgan fingerprint density at radius 2 is 2.43 bits per heavy atom. The lowest BCUT2D eigenvalue weighted by molar-refractivity contribution is -0.00210. The molecule has 0 saturated carbocycles. The van der Waals surface area contributed by atoms with E-state index in [-0.39, 0.29) is 6.79 Å². The number of aliphatic hydroxyl groups excluding tert-OH is 1. The predicted octanol–water partition coefficient (Wildman–Crippen LogP) is 1.03. The van der Waals surface area contributed by atoms with Crippen molar-refractivity contribution in [3.63, 3.8) is 0 Å². The third-order valence-corrected chi connectivity index (χ3v) is 2.01. The fourth-order valence-corrected chi connectivity index (χ4v) is 1.41. The van der Waals surface area contributed by atoms with Gasteiger partial charge in [-0.15, -0.1) is 0 Å². The van der Waals surface area contributed by atoms with Gasteiger partial charge < -0.3 is 14.8 Å². The molecule has 1 aromatic heterocycles. The number of aromatic amines is 1. The van der Waals surface area contributed by atoms with E-state index in [2.05, 4.69) is 4.98 Å². The van der Waals surface area contributed by atoms with E-state index in [9.17, 15) is 4.79 Å². The summed E-state index contributed by atoms with van der Waals surface area (Å²) in [6.07, 6.45) is 2.42. The van der Waals surface area contributed by atoms with Crippen molar-refractivity contribution < 1.29 is 14.6 Å². The topological polar surface area (TPSA) is 62.3 Å². The smallest absolute Gasteiger partial charge is 0.166 e. The quantitative estimate of drug-likeness (QED) is 0.407. The second kappa shape index (κ2) is 5.57. The number of hydrogen-bond acceptors (Lipinski definition) is 3. The van der Waals surface area contributed by atoms with Gasteiger partial charge in [0.1, 0.15) is 6.79 Å². The fourth-order valence-electron chi connectivity index (χ4n) is 1.41. The van der Waals surface area contributed by atoms with Gasteiger partial charge in [0.25, 0.3) is 0 Å². The molecule has 0 saturated heterocycles. The second-order valence-electron chi connectivity index (χ2n) is 3.15. The molecule has 0 atom stereocenters. The first kappa shape index (κ1) is 10.9. The summed E-state index contributed by atoms with van der Waals surface area (Å²) < 4.78 is 4.79. The van der Waals surface area contributed by atoms with Crippen molar-refractivity contribution in [2.24, 2.45) is 0 Å². The predicted molar refractivity (Wildman–Crippen MR) is 52.3 cm³/mol. The van der Waals surface area contributed by atoms with Gasteiger partial charge in [-0.05, 0) is 31.4 Å². The molecule has 1 rings (SSSR count). The number of nitrogens with one attached hydrogen (secondary N) is 1. The van der Waals surface area contributed by atoms with Crippen molar-refractivity contribution in [1.29, 1.82) is 0 Å². The molecule has 0 radical (unpaired) electrons. The highest BCUT2D eigenvalue weighted by atomic mass is 16.6. The molecule has 0 fully saturated rings. The summed E-state index contributed by atoms with van der Waals surface area (Å²) in [6, 6.07) is 1.96. The number of carbonyl (C=O) groups is 1. The summed E-state index contributed by atoms with van der Waals surface area (Å²) in [4.78, 5) is 13.6. The maximum absolute atomic E-state index is 10.6. The minimum atomic E-state index is -0.243. The minimum Gasteiger partial charge on any atom is -0.371 e. The number of aliphatic hydroxyl groups is 1. The van der Waals surface area contributed by atoms with Crippen LogP contribution < -0.4 is 0 Å². The van der Waals surface area contributed by atoms with Crippen molar-refractivity contribution in [2.75, 3.05) is 13.4 Å². The maximum atomic E-state index is 10.6. The molecule has 0 amide bonds. The van der Waals surface area contributed by atoms with Gasteiger partial charge in [0.15, 0.2) is 6.29 Å². The normalized spacial score (nSPS) is 10.4. The second-order valence-corrected chi connectivity index (χ2v) is 3.15. The van der Waals surface area contributed by atoms with Gasteiger partial charge in [-0.2, -0.15) is 0 Å². The fraction of sp³-hybridized carbons (Fsp3) is 0.500. The van der Waals surface area contributed by atoms with Crippen LogP contribution in [0.3, 0.4) is 0 Å². The van der Waals surface area contributed by atoms with E-state index in [1.54, 1.807) is 0 Å². The molecule has 0 aliphatic carbocycles. The summed E-state index contributed by atoms with van der Waals surface area (Å²) >= 11 is 0. The number of aldehydes is 1. The van der Waals surface area contributed by atoms with Gasteiger partial charge in [0, 0.05) is 12.3 Å². The number of ether oxygens (including phenoxy) is 1. The summed E-state index contributed by atoms with van der Waals surface area (Å²) in [6.45, 7) is 2.19. The Bertz CT molecular complexity index is 294. The van der Waals surface area contributed by atoms with Crippen LogP contribution in [0.1, 0.15) is 28.2 Å². The monoisotopic (exact) mass is 197 g/mol. The summed E-state index contributed by atoms with van der Waals surface area (Å²) in [5.41, 5.74) is 2.65. The Hall–Kier alpha value is -1.13. The van der Waals surface area contributed by atoms with Gasteiger partial charge in [-0.1, -0.05) is 0 Å². The summed E-state index contributed by atoms with van der Waals surface area (Å²) in [5, 5.41) is 8.38. The lowest BCUT2D eigenvalue weighted by atomic mass is 10.1. The molecule has 0 aliphatic heterocycles. The van der Waals surface area contributed by atoms with Crippen molar-refractivity contribution in [2.45, 2.75) is 19.8 Å². The van der Waals surface area contributed by atoms with E-state index >= 15 is 0 Å². The van der Waals surface area contributed by atoms with Crippen molar-refractivity contribution in [1.82, 2.24) is 4.98 Å². The standard InChI is InChI=1S/C10H15NO3/c1-8-5-9(10(6-12)11-8)3-2-4-14-7-13/h5-6,11,13H,2-4,7H2,1H3. The molecule has 1 aromatic rings. The van der Waals surface area contributed by atoms with Gasteiger partial charge >= 0.3 is 0 Å². The van der Waals surface area contributed by atoms with Gasteiger partial charge in [0.2, 0.25) is 0 Å². The van der Waals surface area contributed by atoms with E-state index in [1.165, 1.54) is 0 Å². The molecule has 14 heavy (non-hydrogen) atoms. The van der Waals surface area contributed by atoms with Crippen LogP contribution in [0, 0.1) is 6.92 Å². The molecule has 78 valence electrons. The van der Waals surface area contributed by atoms with Gasteiger partial charge in [0.05, 0.1) is 5.69 Å². The zero-order valence-electron chi connectivity index (χ0n) is 8.25. The average molecular weight is 197 g/mol. The van der Waals surface area contributed by atoms with E-state index < -0.39 is 0 Å². The molecule has 0 spiro atoms. The number of H-pyrrole nitrogens is 1. The van der Waals surface area contributed by atoms with Crippen LogP contribution in [0.4, 0.5) is 0 Å². The molecule has 0 bridgehead atoms. The Morgan fingerprint density at radius 3 is 3.07 bits per heavy atom. The third-order valence-electron chi connectivity index (χ3n) is 2.01. The summed E-state index contributed by atoms with van der Waals surface area (Å²) in [5.74, 6) is 0. The van der Waals surface area contributed by atoms with Crippen molar-refractivity contribution in [3.05, 3.63) is 23.0 Å². The van der Waals surface area contributed by atoms with Crippen molar-refractivity contribution >= 4 is 6.29 Å².